The van der Waals surface area contributed by atoms with E-state index < -0.39 is 23.7 Å². The molecule has 0 unspecified atom stereocenters. The summed E-state index contributed by atoms with van der Waals surface area (Å²) in [6.07, 6.45) is 0.550. The summed E-state index contributed by atoms with van der Waals surface area (Å²) in [6, 6.07) is -0.833. The van der Waals surface area contributed by atoms with Gasteiger partial charge in [-0.1, -0.05) is 0 Å². The molecule has 1 rings (SSSR count). The molecule has 1 amide bonds. The first-order valence-corrected chi connectivity index (χ1v) is 5.02. The molecular formula is C10H16NO4-. The maximum atomic E-state index is 11.6. The maximum absolute atomic E-state index is 11.6. The highest BCUT2D eigenvalue weighted by atomic mass is 16.6. The molecule has 1 heterocycles. The monoisotopic (exact) mass is 214 g/mol. The molecule has 0 aromatic rings. The minimum absolute atomic E-state index is 0.424. The highest BCUT2D eigenvalue weighted by Crippen LogP contribution is 2.20. The van der Waals surface area contributed by atoms with Gasteiger partial charge in [-0.05, 0) is 33.6 Å². The summed E-state index contributed by atoms with van der Waals surface area (Å²) in [7, 11) is 0. The van der Waals surface area contributed by atoms with Crippen LogP contribution in [-0.4, -0.2) is 35.2 Å². The van der Waals surface area contributed by atoms with Gasteiger partial charge in [0.25, 0.3) is 0 Å². The van der Waals surface area contributed by atoms with Crippen molar-refractivity contribution in [1.29, 1.82) is 0 Å². The van der Waals surface area contributed by atoms with E-state index in [1.807, 2.05) is 0 Å². The fourth-order valence-electron chi connectivity index (χ4n) is 1.55. The third-order valence-electron chi connectivity index (χ3n) is 2.15. The number of ether oxygens (including phenoxy) is 1. The Hall–Kier alpha value is -1.26. The van der Waals surface area contributed by atoms with Crippen molar-refractivity contribution < 1.29 is 19.4 Å². The second-order valence-electron chi connectivity index (χ2n) is 4.65. The number of carbonyl (C=O) groups excluding carboxylic acids is 2. The van der Waals surface area contributed by atoms with Crippen LogP contribution in [0.2, 0.25) is 0 Å². The minimum atomic E-state index is -1.21. The average Bonchev–Trinajstić information content (AvgIpc) is 2.47. The lowest BCUT2D eigenvalue weighted by molar-refractivity contribution is -0.310. The first-order chi connectivity index (χ1) is 6.81. The van der Waals surface area contributed by atoms with E-state index in [1.54, 1.807) is 20.8 Å². The number of nitrogens with zero attached hydrogens (tertiary/aromatic N) is 1. The molecule has 0 aliphatic carbocycles. The van der Waals surface area contributed by atoms with E-state index in [-0.39, 0.29) is 0 Å². The SMILES string of the molecule is CC(C)(C)OC(=O)N1CCC[C@H]1C(=O)[O-]. The van der Waals surface area contributed by atoms with Gasteiger partial charge in [0.1, 0.15) is 5.60 Å². The topological polar surface area (TPSA) is 69.7 Å². The van der Waals surface area contributed by atoms with Gasteiger partial charge in [0, 0.05) is 6.54 Å². The van der Waals surface area contributed by atoms with Crippen molar-refractivity contribution in [3.8, 4) is 0 Å². The summed E-state index contributed by atoms with van der Waals surface area (Å²) in [5, 5.41) is 10.7. The van der Waals surface area contributed by atoms with Gasteiger partial charge in [-0.3, -0.25) is 4.90 Å². The smallest absolute Gasteiger partial charge is 0.410 e. The molecule has 0 aromatic carbocycles. The van der Waals surface area contributed by atoms with E-state index in [1.165, 1.54) is 4.90 Å². The van der Waals surface area contributed by atoms with E-state index >= 15 is 0 Å². The zero-order valence-electron chi connectivity index (χ0n) is 9.28. The van der Waals surface area contributed by atoms with Crippen LogP contribution in [0.25, 0.3) is 0 Å². The molecule has 0 saturated carbocycles. The van der Waals surface area contributed by atoms with E-state index in [0.717, 1.165) is 0 Å². The van der Waals surface area contributed by atoms with Crippen molar-refractivity contribution in [2.24, 2.45) is 0 Å². The molecule has 1 atom stereocenters. The molecule has 86 valence electrons. The fourth-order valence-corrected chi connectivity index (χ4v) is 1.55. The number of likely N-dealkylation sites (tertiary alicyclic amines) is 1. The van der Waals surface area contributed by atoms with Crippen LogP contribution in [0.3, 0.4) is 0 Å². The second kappa shape index (κ2) is 4.08. The minimum Gasteiger partial charge on any atom is -0.548 e. The molecule has 0 bridgehead atoms. The predicted molar refractivity (Wildman–Crippen MR) is 51.0 cm³/mol. The highest BCUT2D eigenvalue weighted by Gasteiger charge is 2.32. The van der Waals surface area contributed by atoms with Crippen LogP contribution in [-0.2, 0) is 9.53 Å². The van der Waals surface area contributed by atoms with Crippen LogP contribution in [0.15, 0.2) is 0 Å². The Bertz CT molecular complexity index is 269. The van der Waals surface area contributed by atoms with Crippen LogP contribution in [0, 0.1) is 0 Å². The van der Waals surface area contributed by atoms with Crippen molar-refractivity contribution in [1.82, 2.24) is 4.90 Å². The molecule has 15 heavy (non-hydrogen) atoms. The number of rotatable bonds is 1. The molecule has 0 radical (unpaired) electrons. The summed E-state index contributed by atoms with van der Waals surface area (Å²) < 4.78 is 5.10. The number of carbonyl (C=O) groups is 2. The summed E-state index contributed by atoms with van der Waals surface area (Å²) in [6.45, 7) is 5.66. The Kier molecular flexibility index (Phi) is 3.21. The maximum Gasteiger partial charge on any atom is 0.410 e. The van der Waals surface area contributed by atoms with Gasteiger partial charge in [0.2, 0.25) is 0 Å². The molecule has 0 spiro atoms. The van der Waals surface area contributed by atoms with Crippen LogP contribution >= 0.6 is 0 Å². The third-order valence-corrected chi connectivity index (χ3v) is 2.15. The van der Waals surface area contributed by atoms with Gasteiger partial charge in [0.05, 0.1) is 12.0 Å². The first-order valence-electron chi connectivity index (χ1n) is 5.02. The number of carboxylic acid groups (broad SMARTS) is 1. The lowest BCUT2D eigenvalue weighted by Crippen LogP contribution is -2.48. The number of aliphatic carboxylic acids is 1. The van der Waals surface area contributed by atoms with Crippen molar-refractivity contribution >= 4 is 12.1 Å². The van der Waals surface area contributed by atoms with Crippen molar-refractivity contribution in [3.05, 3.63) is 0 Å². The van der Waals surface area contributed by atoms with Crippen molar-refractivity contribution in [2.75, 3.05) is 6.54 Å². The molecule has 5 nitrogen and oxygen atoms in total. The Balaban J connectivity index is 2.63. The van der Waals surface area contributed by atoms with Crippen LogP contribution < -0.4 is 5.11 Å². The molecule has 1 aliphatic rings. The zero-order chi connectivity index (χ0) is 11.6. The first kappa shape index (κ1) is 11.8. The Morgan fingerprint density at radius 3 is 2.47 bits per heavy atom. The predicted octanol–water partition coefficient (Wildman–Crippen LogP) is 0.136. The molecule has 5 heteroatoms. The quantitative estimate of drug-likeness (QED) is 0.622. The zero-order valence-corrected chi connectivity index (χ0v) is 9.28. The summed E-state index contributed by atoms with van der Waals surface area (Å²) >= 11 is 0. The Labute approximate surface area is 89.0 Å². The third kappa shape index (κ3) is 3.11. The van der Waals surface area contributed by atoms with Crippen molar-refractivity contribution in [3.63, 3.8) is 0 Å². The molecule has 0 aromatic heterocycles. The van der Waals surface area contributed by atoms with Gasteiger partial charge in [-0.25, -0.2) is 4.79 Å². The van der Waals surface area contributed by atoms with Gasteiger partial charge in [0.15, 0.2) is 0 Å². The Morgan fingerprint density at radius 2 is 2.00 bits per heavy atom. The fraction of sp³-hybridized carbons (Fsp3) is 0.800. The van der Waals surface area contributed by atoms with Crippen molar-refractivity contribution in [2.45, 2.75) is 45.3 Å². The number of hydrogen-bond donors (Lipinski definition) is 0. The van der Waals surface area contributed by atoms with E-state index in [9.17, 15) is 14.7 Å². The van der Waals surface area contributed by atoms with Crippen LogP contribution in [0.4, 0.5) is 4.79 Å². The lowest BCUT2D eigenvalue weighted by Gasteiger charge is -2.28. The van der Waals surface area contributed by atoms with Crippen LogP contribution in [0.5, 0.6) is 0 Å². The van der Waals surface area contributed by atoms with Crippen LogP contribution in [0.1, 0.15) is 33.6 Å². The number of carboxylic acids is 1. The molecule has 1 fully saturated rings. The largest absolute Gasteiger partial charge is 0.548 e. The molecule has 1 saturated heterocycles. The van der Waals surface area contributed by atoms with E-state index in [2.05, 4.69) is 0 Å². The van der Waals surface area contributed by atoms with Gasteiger partial charge in [-0.15, -0.1) is 0 Å². The van der Waals surface area contributed by atoms with Gasteiger partial charge >= 0.3 is 6.09 Å². The second-order valence-corrected chi connectivity index (χ2v) is 4.65. The number of hydrogen-bond acceptors (Lipinski definition) is 4. The van der Waals surface area contributed by atoms with Gasteiger partial charge in [-0.2, -0.15) is 0 Å². The molecular weight excluding hydrogens is 198 g/mol. The molecule has 1 aliphatic heterocycles. The van der Waals surface area contributed by atoms with Gasteiger partial charge < -0.3 is 14.6 Å². The highest BCUT2D eigenvalue weighted by molar-refractivity contribution is 5.79. The standard InChI is InChI=1S/C10H17NO4/c1-10(2,3)15-9(14)11-6-4-5-7(11)8(12)13/h7H,4-6H2,1-3H3,(H,12,13)/p-1/t7-/m0/s1. The van der Waals surface area contributed by atoms with E-state index in [0.29, 0.717) is 19.4 Å². The summed E-state index contributed by atoms with van der Waals surface area (Å²) in [4.78, 5) is 23.5. The average molecular weight is 214 g/mol. The summed E-state index contributed by atoms with van der Waals surface area (Å²) in [5.41, 5.74) is -0.601. The number of amides is 1. The lowest BCUT2D eigenvalue weighted by atomic mass is 10.2. The van der Waals surface area contributed by atoms with E-state index in [4.69, 9.17) is 4.74 Å². The Morgan fingerprint density at radius 1 is 1.40 bits per heavy atom. The summed E-state index contributed by atoms with van der Waals surface area (Å²) in [5.74, 6) is -1.21. The normalized spacial score (nSPS) is 21.5. The molecule has 0 N–H and O–H groups in total.